The van der Waals surface area contributed by atoms with Crippen LogP contribution in [0.5, 0.6) is 5.75 Å². The third kappa shape index (κ3) is 6.52. The van der Waals surface area contributed by atoms with E-state index >= 15 is 0 Å². The SMILES string of the molecule is CCOc1ccc(C(=O)NC(=S)Nc2ccc(N3CCN(C(=O)C(C)C)CC3)c(Cl)c2)cc1Cl. The molecule has 3 rings (SSSR count). The zero-order valence-corrected chi connectivity index (χ0v) is 21.7. The van der Waals surface area contributed by atoms with Crippen molar-refractivity contribution in [3.05, 3.63) is 52.0 Å². The van der Waals surface area contributed by atoms with Crippen LogP contribution in [0, 0.1) is 5.92 Å². The van der Waals surface area contributed by atoms with Gasteiger partial charge in [0, 0.05) is 43.3 Å². The molecule has 7 nitrogen and oxygen atoms in total. The van der Waals surface area contributed by atoms with Gasteiger partial charge in [-0.05, 0) is 55.5 Å². The number of anilines is 2. The van der Waals surface area contributed by atoms with Crippen LogP contribution in [0.3, 0.4) is 0 Å². The summed E-state index contributed by atoms with van der Waals surface area (Å²) in [6, 6.07) is 10.3. The lowest BCUT2D eigenvalue weighted by Crippen LogP contribution is -2.50. The maximum absolute atomic E-state index is 12.5. The number of thiocarbonyl (C=S) groups is 1. The molecule has 1 saturated heterocycles. The number of rotatable bonds is 6. The average Bonchev–Trinajstić information content (AvgIpc) is 2.80. The maximum Gasteiger partial charge on any atom is 0.257 e. The number of hydrogen-bond acceptors (Lipinski definition) is 5. The fourth-order valence-electron chi connectivity index (χ4n) is 3.63. The molecule has 0 aliphatic carbocycles. The molecule has 2 amide bonds. The Bertz CT molecular complexity index is 1070. The first-order valence-electron chi connectivity index (χ1n) is 11.1. The Hall–Kier alpha value is -2.55. The highest BCUT2D eigenvalue weighted by Gasteiger charge is 2.24. The summed E-state index contributed by atoms with van der Waals surface area (Å²) in [6.45, 7) is 8.92. The van der Waals surface area contributed by atoms with E-state index < -0.39 is 0 Å². The minimum atomic E-state index is -0.390. The first-order chi connectivity index (χ1) is 16.2. The predicted octanol–water partition coefficient (Wildman–Crippen LogP) is 4.82. The smallest absolute Gasteiger partial charge is 0.257 e. The van der Waals surface area contributed by atoms with Crippen molar-refractivity contribution in [3.63, 3.8) is 0 Å². The van der Waals surface area contributed by atoms with Crippen LogP contribution in [0.2, 0.25) is 10.0 Å². The molecular weight excluding hydrogens is 495 g/mol. The van der Waals surface area contributed by atoms with Crippen molar-refractivity contribution in [2.24, 2.45) is 5.92 Å². The number of nitrogens with one attached hydrogen (secondary N) is 2. The van der Waals surface area contributed by atoms with E-state index in [2.05, 4.69) is 15.5 Å². The van der Waals surface area contributed by atoms with Gasteiger partial charge in [-0.2, -0.15) is 0 Å². The molecule has 0 radical (unpaired) electrons. The molecule has 2 aromatic carbocycles. The molecule has 0 bridgehead atoms. The number of hydrogen-bond donors (Lipinski definition) is 2. The van der Waals surface area contributed by atoms with Crippen LogP contribution in [0.4, 0.5) is 11.4 Å². The summed E-state index contributed by atoms with van der Waals surface area (Å²) in [5, 5.41) is 6.66. The Morgan fingerprint density at radius 3 is 2.35 bits per heavy atom. The molecule has 1 aliphatic heterocycles. The number of ether oxygens (including phenoxy) is 1. The molecule has 2 aromatic rings. The van der Waals surface area contributed by atoms with Gasteiger partial charge in [-0.3, -0.25) is 14.9 Å². The Balaban J connectivity index is 1.57. The zero-order chi connectivity index (χ0) is 24.8. The lowest BCUT2D eigenvalue weighted by molar-refractivity contribution is -0.134. The van der Waals surface area contributed by atoms with Crippen molar-refractivity contribution >= 4 is 63.7 Å². The Labute approximate surface area is 215 Å². The molecular formula is C24H28Cl2N4O3S. The Kier molecular flexibility index (Phi) is 8.99. The third-order valence-corrected chi connectivity index (χ3v) is 6.15. The number of halogens is 2. The molecule has 0 unspecified atom stereocenters. The molecule has 0 aromatic heterocycles. The van der Waals surface area contributed by atoms with Gasteiger partial charge in [0.25, 0.3) is 5.91 Å². The Morgan fingerprint density at radius 1 is 1.06 bits per heavy atom. The molecule has 0 atom stereocenters. The van der Waals surface area contributed by atoms with E-state index in [9.17, 15) is 9.59 Å². The monoisotopic (exact) mass is 522 g/mol. The van der Waals surface area contributed by atoms with Crippen molar-refractivity contribution < 1.29 is 14.3 Å². The summed E-state index contributed by atoms with van der Waals surface area (Å²) in [6.07, 6.45) is 0. The first kappa shape index (κ1) is 26.1. The van der Waals surface area contributed by atoms with Gasteiger partial charge >= 0.3 is 0 Å². The van der Waals surface area contributed by atoms with Crippen molar-refractivity contribution in [2.45, 2.75) is 20.8 Å². The summed E-state index contributed by atoms with van der Waals surface area (Å²) in [5.41, 5.74) is 1.90. The highest BCUT2D eigenvalue weighted by molar-refractivity contribution is 7.80. The van der Waals surface area contributed by atoms with Crippen LogP contribution in [0.25, 0.3) is 0 Å². The maximum atomic E-state index is 12.5. The molecule has 0 spiro atoms. The molecule has 1 heterocycles. The standard InChI is InChI=1S/C24H28Cl2N4O3S/c1-4-33-21-8-5-16(13-19(21)26)22(31)28-24(34)27-17-6-7-20(18(25)14-17)29-9-11-30(12-10-29)23(32)15(2)3/h5-8,13-15H,4,9-12H2,1-3H3,(H2,27,28,31,34). The van der Waals surface area contributed by atoms with Crippen LogP contribution < -0.4 is 20.3 Å². The van der Waals surface area contributed by atoms with Gasteiger partial charge in [0.15, 0.2) is 5.11 Å². The summed E-state index contributed by atoms with van der Waals surface area (Å²) in [7, 11) is 0. The minimum Gasteiger partial charge on any atom is -0.492 e. The van der Waals surface area contributed by atoms with Gasteiger partial charge in [-0.1, -0.05) is 37.0 Å². The average molecular weight is 523 g/mol. The van der Waals surface area contributed by atoms with Crippen LogP contribution in [0.15, 0.2) is 36.4 Å². The zero-order valence-electron chi connectivity index (χ0n) is 19.4. The highest BCUT2D eigenvalue weighted by atomic mass is 35.5. The molecule has 1 aliphatic rings. The predicted molar refractivity (Wildman–Crippen MR) is 141 cm³/mol. The number of piperazine rings is 1. The molecule has 2 N–H and O–H groups in total. The summed E-state index contributed by atoms with van der Waals surface area (Å²) in [4.78, 5) is 28.8. The molecule has 1 fully saturated rings. The van der Waals surface area contributed by atoms with Gasteiger partial charge in [-0.15, -0.1) is 0 Å². The van der Waals surface area contributed by atoms with Gasteiger partial charge in [0.05, 0.1) is 22.3 Å². The van der Waals surface area contributed by atoms with E-state index in [1.54, 1.807) is 18.2 Å². The summed E-state index contributed by atoms with van der Waals surface area (Å²) < 4.78 is 5.39. The molecule has 0 saturated carbocycles. The second-order valence-electron chi connectivity index (χ2n) is 8.12. The van der Waals surface area contributed by atoms with Crippen molar-refractivity contribution in [3.8, 4) is 5.75 Å². The number of nitrogens with zero attached hydrogens (tertiary/aromatic N) is 2. The van der Waals surface area contributed by atoms with E-state index in [1.807, 2.05) is 37.8 Å². The highest BCUT2D eigenvalue weighted by Crippen LogP contribution is 2.30. The summed E-state index contributed by atoms with van der Waals surface area (Å²) >= 11 is 18.0. The second kappa shape index (κ2) is 11.7. The minimum absolute atomic E-state index is 0.00347. The second-order valence-corrected chi connectivity index (χ2v) is 9.34. The Morgan fingerprint density at radius 2 is 1.76 bits per heavy atom. The van der Waals surface area contributed by atoms with Crippen molar-refractivity contribution in [1.82, 2.24) is 10.2 Å². The first-order valence-corrected chi connectivity index (χ1v) is 12.2. The van der Waals surface area contributed by atoms with E-state index in [1.165, 1.54) is 6.07 Å². The quantitative estimate of drug-likeness (QED) is 0.529. The number of carbonyl (C=O) groups excluding carboxylic acids is 2. The number of benzene rings is 2. The fraction of sp³-hybridized carbons (Fsp3) is 0.375. The van der Waals surface area contributed by atoms with Crippen LogP contribution >= 0.6 is 35.4 Å². The molecule has 10 heteroatoms. The van der Waals surface area contributed by atoms with E-state index in [0.29, 0.717) is 59.8 Å². The van der Waals surface area contributed by atoms with Crippen molar-refractivity contribution in [1.29, 1.82) is 0 Å². The van der Waals surface area contributed by atoms with Crippen LogP contribution in [-0.4, -0.2) is 54.6 Å². The van der Waals surface area contributed by atoms with Crippen LogP contribution in [0.1, 0.15) is 31.1 Å². The molecule has 34 heavy (non-hydrogen) atoms. The van der Waals surface area contributed by atoms with Gasteiger partial charge in [0.1, 0.15) is 5.75 Å². The molecule has 182 valence electrons. The fourth-order valence-corrected chi connectivity index (χ4v) is 4.37. The number of amides is 2. The van der Waals surface area contributed by atoms with E-state index in [0.717, 1.165) is 5.69 Å². The number of carbonyl (C=O) groups is 2. The topological polar surface area (TPSA) is 73.9 Å². The van der Waals surface area contributed by atoms with Gasteiger partial charge in [-0.25, -0.2) is 0 Å². The lowest BCUT2D eigenvalue weighted by Gasteiger charge is -2.37. The van der Waals surface area contributed by atoms with Crippen LogP contribution in [-0.2, 0) is 4.79 Å². The third-order valence-electron chi connectivity index (χ3n) is 5.35. The largest absolute Gasteiger partial charge is 0.492 e. The van der Waals surface area contributed by atoms with Gasteiger partial charge < -0.3 is 19.9 Å². The summed E-state index contributed by atoms with van der Waals surface area (Å²) in [5.74, 6) is 0.299. The normalized spacial score (nSPS) is 13.6. The van der Waals surface area contributed by atoms with E-state index in [-0.39, 0.29) is 22.8 Å². The van der Waals surface area contributed by atoms with Crippen molar-refractivity contribution in [2.75, 3.05) is 43.0 Å². The van der Waals surface area contributed by atoms with E-state index in [4.69, 9.17) is 40.2 Å². The lowest BCUT2D eigenvalue weighted by atomic mass is 10.1. The van der Waals surface area contributed by atoms with Gasteiger partial charge in [0.2, 0.25) is 5.91 Å².